The fourth-order valence-electron chi connectivity index (χ4n) is 1.70. The van der Waals surface area contributed by atoms with Crippen molar-refractivity contribution >= 4 is 27.5 Å². The summed E-state index contributed by atoms with van der Waals surface area (Å²) in [6.45, 7) is -2.95. The second-order valence-electron chi connectivity index (χ2n) is 3.98. The van der Waals surface area contributed by atoms with Crippen LogP contribution in [0.15, 0.2) is 41.0 Å². The molecule has 2 rings (SSSR count). The van der Waals surface area contributed by atoms with Gasteiger partial charge in [-0.25, -0.2) is 0 Å². The minimum Gasteiger partial charge on any atom is -0.433 e. The lowest BCUT2D eigenvalue weighted by molar-refractivity contribution is -0.0493. The highest BCUT2D eigenvalue weighted by molar-refractivity contribution is 9.10. The smallest absolute Gasteiger partial charge is 0.387 e. The largest absolute Gasteiger partial charge is 0.433 e. The Kier molecular flexibility index (Phi) is 4.39. The van der Waals surface area contributed by atoms with E-state index in [0.717, 1.165) is 4.47 Å². The molecule has 4 nitrogen and oxygen atoms in total. The number of nitrogens with one attached hydrogen (secondary N) is 1. The molecule has 106 valence electrons. The fourth-order valence-corrected chi connectivity index (χ4v) is 2.23. The number of para-hydroxylation sites is 2. The third kappa shape index (κ3) is 3.36. The highest BCUT2D eigenvalue weighted by Gasteiger charge is 2.15. The maximum absolute atomic E-state index is 12.3. The number of carbonyl (C=O) groups excluding carboxylic acids is 1. The number of benzene rings is 1. The molecule has 1 heterocycles. The average molecular weight is 345 g/mol. The van der Waals surface area contributed by atoms with E-state index in [1.54, 1.807) is 36.0 Å². The summed E-state index contributed by atoms with van der Waals surface area (Å²) in [6, 6.07) is 7.66. The molecular weight excluding hydrogens is 334 g/mol. The number of halogens is 3. The van der Waals surface area contributed by atoms with Crippen LogP contribution in [-0.4, -0.2) is 17.1 Å². The molecule has 0 aliphatic carbocycles. The molecule has 20 heavy (non-hydrogen) atoms. The van der Waals surface area contributed by atoms with Gasteiger partial charge in [0.25, 0.3) is 5.91 Å². The lowest BCUT2D eigenvalue weighted by Crippen LogP contribution is -2.16. The quantitative estimate of drug-likeness (QED) is 0.919. The monoisotopic (exact) mass is 344 g/mol. The molecule has 0 aliphatic heterocycles. The van der Waals surface area contributed by atoms with Crippen LogP contribution < -0.4 is 10.1 Å². The van der Waals surface area contributed by atoms with Gasteiger partial charge < -0.3 is 14.6 Å². The van der Waals surface area contributed by atoms with Crippen LogP contribution >= 0.6 is 15.9 Å². The number of aromatic nitrogens is 1. The highest BCUT2D eigenvalue weighted by Crippen LogP contribution is 2.26. The second kappa shape index (κ2) is 6.04. The van der Waals surface area contributed by atoms with Crippen molar-refractivity contribution in [1.82, 2.24) is 4.57 Å². The van der Waals surface area contributed by atoms with Crippen LogP contribution in [0.1, 0.15) is 10.5 Å². The first-order valence-electron chi connectivity index (χ1n) is 5.64. The van der Waals surface area contributed by atoms with Crippen molar-refractivity contribution in [2.24, 2.45) is 7.05 Å². The number of alkyl halides is 2. The third-order valence-corrected chi connectivity index (χ3v) is 2.99. The lowest BCUT2D eigenvalue weighted by atomic mass is 10.3. The topological polar surface area (TPSA) is 43.3 Å². The van der Waals surface area contributed by atoms with Crippen LogP contribution in [0.25, 0.3) is 0 Å². The summed E-state index contributed by atoms with van der Waals surface area (Å²) in [7, 11) is 1.71. The molecule has 0 bridgehead atoms. The minimum atomic E-state index is -2.95. The van der Waals surface area contributed by atoms with Gasteiger partial charge in [0.05, 0.1) is 5.69 Å². The highest BCUT2D eigenvalue weighted by atomic mass is 79.9. The fraction of sp³-hybridized carbons (Fsp3) is 0.154. The summed E-state index contributed by atoms with van der Waals surface area (Å²) < 4.78 is 31.3. The number of hydrogen-bond donors (Lipinski definition) is 1. The van der Waals surface area contributed by atoms with Crippen LogP contribution in [0.4, 0.5) is 14.5 Å². The molecule has 1 N–H and O–H groups in total. The van der Waals surface area contributed by atoms with Crippen molar-refractivity contribution in [3.63, 3.8) is 0 Å². The molecular formula is C13H11BrF2N2O2. The number of amides is 1. The number of carbonyl (C=O) groups is 1. The zero-order valence-electron chi connectivity index (χ0n) is 10.4. The van der Waals surface area contributed by atoms with Gasteiger partial charge in [0.2, 0.25) is 0 Å². The molecule has 7 heteroatoms. The lowest BCUT2D eigenvalue weighted by Gasteiger charge is -2.11. The van der Waals surface area contributed by atoms with Crippen molar-refractivity contribution in [3.05, 3.63) is 46.7 Å². The second-order valence-corrected chi connectivity index (χ2v) is 4.90. The van der Waals surface area contributed by atoms with E-state index in [-0.39, 0.29) is 11.4 Å². The van der Waals surface area contributed by atoms with Gasteiger partial charge in [-0.1, -0.05) is 12.1 Å². The predicted octanol–water partition coefficient (Wildman–Crippen LogP) is 3.64. The van der Waals surface area contributed by atoms with E-state index in [9.17, 15) is 13.6 Å². The van der Waals surface area contributed by atoms with Gasteiger partial charge in [0.1, 0.15) is 11.4 Å². The molecule has 0 radical (unpaired) electrons. The van der Waals surface area contributed by atoms with Crippen molar-refractivity contribution in [2.75, 3.05) is 5.32 Å². The van der Waals surface area contributed by atoms with Crippen molar-refractivity contribution < 1.29 is 18.3 Å². The van der Waals surface area contributed by atoms with Crippen LogP contribution in [-0.2, 0) is 7.05 Å². The van der Waals surface area contributed by atoms with E-state index < -0.39 is 12.5 Å². The Bertz CT molecular complexity index is 629. The van der Waals surface area contributed by atoms with E-state index in [2.05, 4.69) is 26.0 Å². The molecule has 2 aromatic rings. The Morgan fingerprint density at radius 2 is 2.10 bits per heavy atom. The maximum atomic E-state index is 12.3. The molecule has 1 amide bonds. The van der Waals surface area contributed by atoms with Gasteiger partial charge in [-0.2, -0.15) is 8.78 Å². The van der Waals surface area contributed by atoms with E-state index in [0.29, 0.717) is 5.69 Å². The van der Waals surface area contributed by atoms with Gasteiger partial charge in [-0.05, 0) is 34.1 Å². The molecule has 0 fully saturated rings. The van der Waals surface area contributed by atoms with E-state index in [1.807, 2.05) is 0 Å². The van der Waals surface area contributed by atoms with Crippen LogP contribution in [0.3, 0.4) is 0 Å². The molecule has 0 saturated carbocycles. The third-order valence-electron chi connectivity index (χ3n) is 2.56. The summed E-state index contributed by atoms with van der Waals surface area (Å²) in [6.07, 6.45) is 1.72. The number of rotatable bonds is 4. The van der Waals surface area contributed by atoms with Gasteiger partial charge in [-0.15, -0.1) is 0 Å². The minimum absolute atomic E-state index is 0.0795. The molecule has 1 aromatic carbocycles. The van der Waals surface area contributed by atoms with Gasteiger partial charge in [0.15, 0.2) is 0 Å². The Morgan fingerprint density at radius 3 is 2.70 bits per heavy atom. The average Bonchev–Trinajstić information content (AvgIpc) is 2.70. The SMILES string of the molecule is Cn1cc(Br)cc1C(=O)Nc1ccccc1OC(F)F. The summed E-state index contributed by atoms with van der Waals surface area (Å²) in [5.41, 5.74) is 0.582. The zero-order valence-corrected chi connectivity index (χ0v) is 12.0. The Balaban J connectivity index is 2.22. The molecule has 0 spiro atoms. The first-order valence-corrected chi connectivity index (χ1v) is 6.43. The van der Waals surface area contributed by atoms with Gasteiger partial charge in [-0.3, -0.25) is 4.79 Å². The number of anilines is 1. The number of nitrogens with zero attached hydrogens (tertiary/aromatic N) is 1. The maximum Gasteiger partial charge on any atom is 0.387 e. The number of ether oxygens (including phenoxy) is 1. The van der Waals surface area contributed by atoms with E-state index >= 15 is 0 Å². The zero-order chi connectivity index (χ0) is 14.7. The van der Waals surface area contributed by atoms with Crippen LogP contribution in [0, 0.1) is 0 Å². The van der Waals surface area contributed by atoms with Crippen molar-refractivity contribution in [1.29, 1.82) is 0 Å². The Hall–Kier alpha value is -1.89. The van der Waals surface area contributed by atoms with E-state index in [4.69, 9.17) is 0 Å². The van der Waals surface area contributed by atoms with Gasteiger partial charge in [0, 0.05) is 17.7 Å². The first-order chi connectivity index (χ1) is 9.47. The number of hydrogen-bond acceptors (Lipinski definition) is 2. The molecule has 0 saturated heterocycles. The summed E-state index contributed by atoms with van der Waals surface area (Å²) in [5, 5.41) is 2.55. The molecule has 0 aliphatic rings. The summed E-state index contributed by atoms with van der Waals surface area (Å²) >= 11 is 3.26. The summed E-state index contributed by atoms with van der Waals surface area (Å²) in [4.78, 5) is 12.1. The number of aryl methyl sites for hydroxylation is 1. The summed E-state index contributed by atoms with van der Waals surface area (Å²) in [5.74, 6) is -0.493. The molecule has 0 atom stereocenters. The Labute approximate surface area is 122 Å². The van der Waals surface area contributed by atoms with Crippen molar-refractivity contribution in [2.45, 2.75) is 6.61 Å². The first kappa shape index (κ1) is 14.5. The predicted molar refractivity (Wildman–Crippen MR) is 74.1 cm³/mol. The molecule has 1 aromatic heterocycles. The normalized spacial score (nSPS) is 10.7. The van der Waals surface area contributed by atoms with E-state index in [1.165, 1.54) is 12.1 Å². The standard InChI is InChI=1S/C13H11BrF2N2O2/c1-18-7-8(14)6-10(18)12(19)17-9-4-2-3-5-11(9)20-13(15)16/h2-7,13H,1H3,(H,17,19). The Morgan fingerprint density at radius 1 is 1.40 bits per heavy atom. The van der Waals surface area contributed by atoms with Gasteiger partial charge >= 0.3 is 6.61 Å². The molecule has 0 unspecified atom stereocenters. The van der Waals surface area contributed by atoms with Crippen LogP contribution in [0.2, 0.25) is 0 Å². The van der Waals surface area contributed by atoms with Crippen LogP contribution in [0.5, 0.6) is 5.75 Å². The van der Waals surface area contributed by atoms with Crippen molar-refractivity contribution in [3.8, 4) is 5.75 Å².